The first-order valence-corrected chi connectivity index (χ1v) is 4.27. The molecule has 0 rings (SSSR count). The monoisotopic (exact) mass is 187 g/mol. The average Bonchev–Trinajstić information content (AvgIpc) is 2.02. The van der Waals surface area contributed by atoms with Gasteiger partial charge < -0.3 is 9.84 Å². The Morgan fingerprint density at radius 3 is 2.15 bits per heavy atom. The first-order chi connectivity index (χ1) is 5.97. The lowest BCUT2D eigenvalue weighted by Crippen LogP contribution is -2.25. The molecular weight excluding hydrogens is 170 g/mol. The zero-order valence-electron chi connectivity index (χ0n) is 8.81. The molecule has 0 aromatic rings. The Balaban J connectivity index is 4.63. The molecule has 0 bridgehead atoms. The van der Waals surface area contributed by atoms with Crippen molar-refractivity contribution in [1.29, 1.82) is 0 Å². The van der Waals surface area contributed by atoms with Crippen LogP contribution in [-0.2, 0) is 4.74 Å². The highest BCUT2D eigenvalue weighted by atomic mass is 16.6. The van der Waals surface area contributed by atoms with Crippen LogP contribution in [0.15, 0.2) is 10.2 Å². The van der Waals surface area contributed by atoms with Gasteiger partial charge in [-0.15, -0.1) is 0 Å². The van der Waals surface area contributed by atoms with Crippen LogP contribution in [0, 0.1) is 0 Å². The molecule has 0 amide bonds. The van der Waals surface area contributed by atoms with E-state index in [1.54, 1.807) is 0 Å². The maximum Gasteiger partial charge on any atom is 0.224 e. The third kappa shape index (κ3) is 5.16. The van der Waals surface area contributed by atoms with Crippen LogP contribution in [0.5, 0.6) is 0 Å². The van der Waals surface area contributed by atoms with Crippen LogP contribution in [0.1, 0.15) is 27.7 Å². The van der Waals surface area contributed by atoms with E-state index in [0.29, 0.717) is 0 Å². The summed E-state index contributed by atoms with van der Waals surface area (Å²) >= 11 is 0. The molecule has 0 saturated heterocycles. The van der Waals surface area contributed by atoms with Crippen molar-refractivity contribution >= 4 is 6.08 Å². The summed E-state index contributed by atoms with van der Waals surface area (Å²) in [5.74, 6) is 0. The number of azo groups is 1. The van der Waals surface area contributed by atoms with Crippen LogP contribution in [0.2, 0.25) is 0 Å². The summed E-state index contributed by atoms with van der Waals surface area (Å²) in [6.45, 7) is 7.64. The zero-order chi connectivity index (χ0) is 10.4. The smallest absolute Gasteiger partial charge is 0.224 e. The Labute approximate surface area is 78.7 Å². The highest BCUT2D eigenvalue weighted by Gasteiger charge is 2.12. The number of ether oxygens (including phenoxy) is 1. The van der Waals surface area contributed by atoms with Gasteiger partial charge in [0.05, 0.1) is 0 Å². The van der Waals surface area contributed by atoms with Gasteiger partial charge in [-0.2, -0.15) is 0 Å². The molecule has 0 unspecified atom stereocenters. The molecule has 0 aliphatic carbocycles. The van der Waals surface area contributed by atoms with Crippen LogP contribution < -0.4 is 5.11 Å². The van der Waals surface area contributed by atoms with Gasteiger partial charge in [-0.1, -0.05) is 0 Å². The molecule has 13 heavy (non-hydrogen) atoms. The van der Waals surface area contributed by atoms with E-state index >= 15 is 0 Å². The lowest BCUT2D eigenvalue weighted by molar-refractivity contribution is -0.634. The molecule has 0 fully saturated rings. The summed E-state index contributed by atoms with van der Waals surface area (Å²) in [7, 11) is 1.29. The van der Waals surface area contributed by atoms with Crippen LogP contribution in [0.3, 0.4) is 0 Å². The highest BCUT2D eigenvalue weighted by Crippen LogP contribution is 1.96. The van der Waals surface area contributed by atoms with Gasteiger partial charge in [0.2, 0.25) is 12.1 Å². The summed E-state index contributed by atoms with van der Waals surface area (Å²) < 4.78 is 4.41. The van der Waals surface area contributed by atoms with E-state index < -0.39 is 6.08 Å². The Morgan fingerprint density at radius 2 is 1.85 bits per heavy atom. The third-order valence-corrected chi connectivity index (χ3v) is 1.17. The fourth-order valence-electron chi connectivity index (χ4n) is 0.636. The fourth-order valence-corrected chi connectivity index (χ4v) is 0.636. The molecule has 0 aliphatic heterocycles. The van der Waals surface area contributed by atoms with Gasteiger partial charge >= 0.3 is 0 Å². The number of nitrogens with zero attached hydrogens (tertiary/aromatic N) is 3. The van der Waals surface area contributed by atoms with Gasteiger partial charge in [0.1, 0.15) is 6.04 Å². The third-order valence-electron chi connectivity index (χ3n) is 1.17. The van der Waals surface area contributed by atoms with Crippen molar-refractivity contribution in [1.82, 2.24) is 0 Å². The first-order valence-electron chi connectivity index (χ1n) is 4.27. The van der Waals surface area contributed by atoms with Crippen molar-refractivity contribution in [2.45, 2.75) is 39.8 Å². The van der Waals surface area contributed by atoms with Crippen molar-refractivity contribution in [3.05, 3.63) is 0 Å². The SMILES string of the molecule is CO/C([O-])=N/[N+](=NC(C)C)C(C)C. The molecule has 5 nitrogen and oxygen atoms in total. The van der Waals surface area contributed by atoms with Crippen molar-refractivity contribution in [2.75, 3.05) is 7.11 Å². The summed E-state index contributed by atoms with van der Waals surface area (Å²) in [6.07, 6.45) is -0.627. The van der Waals surface area contributed by atoms with Gasteiger partial charge in [0.15, 0.2) is 0 Å². The van der Waals surface area contributed by atoms with Gasteiger partial charge in [-0.3, -0.25) is 0 Å². The molecular formula is C8H17N3O2. The number of hydrogen-bond acceptors (Lipinski definition) is 3. The highest BCUT2D eigenvalue weighted by molar-refractivity contribution is 5.60. The molecule has 5 heteroatoms. The van der Waals surface area contributed by atoms with Crippen LogP contribution in [0.25, 0.3) is 0 Å². The molecule has 0 atom stereocenters. The van der Waals surface area contributed by atoms with Gasteiger partial charge in [-0.05, 0) is 26.1 Å². The number of hydrazone groups is 1. The van der Waals surface area contributed by atoms with E-state index in [1.165, 1.54) is 11.9 Å². The predicted molar refractivity (Wildman–Crippen MR) is 47.4 cm³/mol. The second kappa shape index (κ2) is 5.50. The minimum absolute atomic E-state index is 0.0569. The van der Waals surface area contributed by atoms with Gasteiger partial charge in [0.25, 0.3) is 0 Å². The Bertz CT molecular complexity index is 209. The second-order valence-corrected chi connectivity index (χ2v) is 3.19. The van der Waals surface area contributed by atoms with Crippen molar-refractivity contribution < 1.29 is 14.6 Å². The lowest BCUT2D eigenvalue weighted by atomic mass is 10.4. The molecule has 0 saturated carbocycles. The van der Waals surface area contributed by atoms with Crippen molar-refractivity contribution in [3.63, 3.8) is 0 Å². The van der Waals surface area contributed by atoms with E-state index in [9.17, 15) is 5.11 Å². The fraction of sp³-hybridized carbons (Fsp3) is 0.875. The van der Waals surface area contributed by atoms with Crippen molar-refractivity contribution in [3.8, 4) is 0 Å². The normalized spacial score (nSPS) is 14.1. The molecule has 0 aliphatic rings. The molecule has 0 aromatic carbocycles. The summed E-state index contributed by atoms with van der Waals surface area (Å²) in [4.78, 5) is 1.37. The Kier molecular flexibility index (Phi) is 5.03. The molecule has 0 aromatic heterocycles. The first kappa shape index (κ1) is 11.9. The van der Waals surface area contributed by atoms with Gasteiger partial charge in [-0.25, -0.2) is 0 Å². The average molecular weight is 187 g/mol. The van der Waals surface area contributed by atoms with E-state index in [0.717, 1.165) is 0 Å². The zero-order valence-corrected chi connectivity index (χ0v) is 8.81. The summed E-state index contributed by atoms with van der Waals surface area (Å²) in [6, 6.07) is 0.164. The van der Waals surface area contributed by atoms with E-state index in [1.807, 2.05) is 27.7 Å². The Morgan fingerprint density at radius 1 is 1.31 bits per heavy atom. The Hall–Kier alpha value is -1.13. The molecule has 76 valence electrons. The quantitative estimate of drug-likeness (QED) is 0.213. The predicted octanol–water partition coefficient (Wildman–Crippen LogP) is 0.546. The maximum absolute atomic E-state index is 10.8. The van der Waals surface area contributed by atoms with Crippen LogP contribution in [-0.4, -0.2) is 30.1 Å². The van der Waals surface area contributed by atoms with E-state index in [2.05, 4.69) is 15.0 Å². The van der Waals surface area contributed by atoms with Crippen LogP contribution >= 0.6 is 0 Å². The lowest BCUT2D eigenvalue weighted by Gasteiger charge is -2.04. The second-order valence-electron chi connectivity index (χ2n) is 3.19. The summed E-state index contributed by atoms with van der Waals surface area (Å²) in [5, 5.41) is 18.6. The van der Waals surface area contributed by atoms with Gasteiger partial charge in [0, 0.05) is 23.8 Å². The standard InChI is InChI=1S/C8H17N3O2/c1-6(2)9-11(7(3)4)10-8(12)13-5/h6-7H,1-5H3. The minimum Gasteiger partial charge on any atom is -0.599 e. The van der Waals surface area contributed by atoms with Crippen LogP contribution in [0.4, 0.5) is 0 Å². The van der Waals surface area contributed by atoms with E-state index in [-0.39, 0.29) is 12.1 Å². The number of rotatable bonds is 3. The number of hydrogen-bond donors (Lipinski definition) is 0. The topological polar surface area (TPSA) is 60.0 Å². The van der Waals surface area contributed by atoms with E-state index in [4.69, 9.17) is 0 Å². The van der Waals surface area contributed by atoms with Crippen molar-refractivity contribution in [2.24, 2.45) is 10.2 Å². The molecule has 0 radical (unpaired) electrons. The minimum atomic E-state index is -0.627. The molecule has 0 heterocycles. The summed E-state index contributed by atoms with van der Waals surface area (Å²) in [5.41, 5.74) is 0. The molecule has 0 spiro atoms. The largest absolute Gasteiger partial charge is 0.599 e. The number of methoxy groups -OCH3 is 1. The maximum atomic E-state index is 10.8. The molecule has 0 N–H and O–H groups in total.